The summed E-state index contributed by atoms with van der Waals surface area (Å²) in [5.41, 5.74) is 0. The van der Waals surface area contributed by atoms with Gasteiger partial charge in [0.1, 0.15) is 37.6 Å². The molecule has 4 aliphatic heterocycles. The van der Waals surface area contributed by atoms with Crippen molar-refractivity contribution in [1.29, 1.82) is 0 Å². The van der Waals surface area contributed by atoms with Crippen molar-refractivity contribution in [3.8, 4) is 0 Å². The topological polar surface area (TPSA) is 225 Å². The summed E-state index contributed by atoms with van der Waals surface area (Å²) >= 11 is 0. The standard InChI is InChI=1S/C16H22O15S/c17-6-2-26-12-10(6)28-4-15(12,21)30-9(19)1-8(32(23,24)25)14(20)31-16(22)5-29-11-7(18)3-27-13(11)16/h6-8,10-13,17-18,21-22H,1-5H2,(H,23,24,25)/t6-,7-,8?,10-,11-,12+,13+,15+,16+/m1/s1. The van der Waals surface area contributed by atoms with Gasteiger partial charge in [-0.05, 0) is 0 Å². The second kappa shape index (κ2) is 8.08. The van der Waals surface area contributed by atoms with E-state index in [1.807, 2.05) is 0 Å². The molecular weight excluding hydrogens is 464 g/mol. The van der Waals surface area contributed by atoms with E-state index >= 15 is 0 Å². The largest absolute Gasteiger partial charge is 0.428 e. The predicted octanol–water partition coefficient (Wildman–Crippen LogP) is -4.59. The van der Waals surface area contributed by atoms with Gasteiger partial charge in [0.25, 0.3) is 21.7 Å². The van der Waals surface area contributed by atoms with Crippen molar-refractivity contribution in [3.63, 3.8) is 0 Å². The Morgan fingerprint density at radius 2 is 1.38 bits per heavy atom. The number of hydrogen-bond donors (Lipinski definition) is 5. The molecule has 0 radical (unpaired) electrons. The Kier molecular flexibility index (Phi) is 5.98. The van der Waals surface area contributed by atoms with Gasteiger partial charge in [-0.15, -0.1) is 0 Å². The molecule has 0 aromatic heterocycles. The van der Waals surface area contributed by atoms with Gasteiger partial charge in [0.2, 0.25) is 0 Å². The van der Waals surface area contributed by atoms with Gasteiger partial charge in [-0.1, -0.05) is 0 Å². The molecule has 4 saturated heterocycles. The highest BCUT2D eigenvalue weighted by molar-refractivity contribution is 7.87. The van der Waals surface area contributed by atoms with E-state index in [1.54, 1.807) is 0 Å². The number of rotatable bonds is 6. The fourth-order valence-electron chi connectivity index (χ4n) is 4.07. The van der Waals surface area contributed by atoms with Crippen LogP contribution in [0.5, 0.6) is 0 Å². The lowest BCUT2D eigenvalue weighted by Crippen LogP contribution is -2.51. The Balaban J connectivity index is 1.43. The zero-order valence-corrected chi connectivity index (χ0v) is 17.1. The number of aliphatic hydroxyl groups excluding tert-OH is 2. The van der Waals surface area contributed by atoms with Crippen LogP contribution in [0.15, 0.2) is 0 Å². The number of ether oxygens (including phenoxy) is 6. The highest BCUT2D eigenvalue weighted by Crippen LogP contribution is 2.37. The lowest BCUT2D eigenvalue weighted by atomic mass is 10.1. The van der Waals surface area contributed by atoms with Gasteiger partial charge < -0.3 is 48.8 Å². The van der Waals surface area contributed by atoms with E-state index < -0.39 is 95.1 Å². The molecule has 4 heterocycles. The molecule has 0 amide bonds. The first-order valence-corrected chi connectivity index (χ1v) is 11.0. The first-order valence-electron chi connectivity index (χ1n) is 9.52. The second-order valence-electron chi connectivity index (χ2n) is 7.99. The molecule has 15 nitrogen and oxygen atoms in total. The normalized spacial score (nSPS) is 44.2. The van der Waals surface area contributed by atoms with Gasteiger partial charge in [0.05, 0.1) is 19.6 Å². The molecule has 4 rings (SSSR count). The quantitative estimate of drug-likeness (QED) is 0.135. The molecule has 16 heteroatoms. The summed E-state index contributed by atoms with van der Waals surface area (Å²) in [7, 11) is -5.24. The highest BCUT2D eigenvalue weighted by Gasteiger charge is 2.60. The number of hydrogen-bond acceptors (Lipinski definition) is 14. The zero-order chi connectivity index (χ0) is 23.5. The Bertz CT molecular complexity index is 877. The molecule has 0 aromatic carbocycles. The third kappa shape index (κ3) is 4.11. The molecule has 0 spiro atoms. The third-order valence-electron chi connectivity index (χ3n) is 5.65. The first-order chi connectivity index (χ1) is 14.8. The van der Waals surface area contributed by atoms with E-state index in [4.69, 9.17) is 28.4 Å². The van der Waals surface area contributed by atoms with Crippen LogP contribution < -0.4 is 0 Å². The molecule has 9 atom stereocenters. The molecule has 32 heavy (non-hydrogen) atoms. The molecule has 0 saturated carbocycles. The summed E-state index contributed by atoms with van der Waals surface area (Å²) in [6.07, 6.45) is -8.09. The minimum absolute atomic E-state index is 0.200. The monoisotopic (exact) mass is 486 g/mol. The maximum atomic E-state index is 12.5. The Hall–Kier alpha value is -1.47. The molecular formula is C16H22O15S. The molecule has 0 aromatic rings. The predicted molar refractivity (Wildman–Crippen MR) is 93.0 cm³/mol. The summed E-state index contributed by atoms with van der Waals surface area (Å²) in [6, 6.07) is 0. The summed E-state index contributed by atoms with van der Waals surface area (Å²) in [5.74, 6) is -8.02. The fourth-order valence-corrected chi connectivity index (χ4v) is 4.71. The van der Waals surface area contributed by atoms with Crippen LogP contribution in [0.4, 0.5) is 0 Å². The van der Waals surface area contributed by atoms with Crippen molar-refractivity contribution in [3.05, 3.63) is 0 Å². The molecule has 4 fully saturated rings. The van der Waals surface area contributed by atoms with Crippen LogP contribution in [0.3, 0.4) is 0 Å². The summed E-state index contributed by atoms with van der Waals surface area (Å²) in [5, 5.41) is 37.9. The lowest BCUT2D eigenvalue weighted by Gasteiger charge is -2.28. The smallest absolute Gasteiger partial charge is 0.330 e. The number of aliphatic hydroxyl groups is 4. The van der Waals surface area contributed by atoms with Crippen molar-refractivity contribution in [1.82, 2.24) is 0 Å². The fraction of sp³-hybridized carbons (Fsp3) is 0.875. The van der Waals surface area contributed by atoms with Gasteiger partial charge in [-0.3, -0.25) is 14.1 Å². The Morgan fingerprint density at radius 3 is 1.84 bits per heavy atom. The molecule has 0 bridgehead atoms. The molecule has 182 valence electrons. The highest BCUT2D eigenvalue weighted by atomic mass is 32.2. The van der Waals surface area contributed by atoms with Crippen LogP contribution in [0.1, 0.15) is 6.42 Å². The summed E-state index contributed by atoms with van der Waals surface area (Å²) in [4.78, 5) is 24.7. The molecule has 0 aliphatic carbocycles. The number of carbonyl (C=O) groups excluding carboxylic acids is 2. The van der Waals surface area contributed by atoms with Crippen molar-refractivity contribution in [2.24, 2.45) is 0 Å². The van der Waals surface area contributed by atoms with E-state index in [0.29, 0.717) is 0 Å². The van der Waals surface area contributed by atoms with Gasteiger partial charge >= 0.3 is 11.9 Å². The van der Waals surface area contributed by atoms with Crippen LogP contribution in [-0.2, 0) is 48.1 Å². The lowest BCUT2D eigenvalue weighted by molar-refractivity contribution is -0.242. The van der Waals surface area contributed by atoms with E-state index in [0.717, 1.165) is 0 Å². The SMILES string of the molecule is O=C(CC(C(=O)O[C@@]1(O)CO[C@@H]2[C@H](O)CO[C@@H]21)S(=O)(=O)O)O[C@@]1(O)CO[C@@H]2[C@H](O)CO[C@@H]21. The van der Waals surface area contributed by atoms with Crippen LogP contribution in [-0.4, -0.2) is 125 Å². The molecule has 5 N–H and O–H groups in total. The van der Waals surface area contributed by atoms with Gasteiger partial charge in [0, 0.05) is 0 Å². The average molecular weight is 486 g/mol. The first kappa shape index (κ1) is 23.7. The average Bonchev–Trinajstić information content (AvgIpc) is 3.40. The maximum Gasteiger partial charge on any atom is 0.330 e. The van der Waals surface area contributed by atoms with Crippen molar-refractivity contribution >= 4 is 22.1 Å². The van der Waals surface area contributed by atoms with E-state index in [1.165, 1.54) is 0 Å². The van der Waals surface area contributed by atoms with Crippen LogP contribution >= 0.6 is 0 Å². The minimum Gasteiger partial charge on any atom is -0.428 e. The van der Waals surface area contributed by atoms with Gasteiger partial charge in [-0.25, -0.2) is 0 Å². The van der Waals surface area contributed by atoms with Crippen molar-refractivity contribution in [2.45, 2.75) is 59.9 Å². The van der Waals surface area contributed by atoms with E-state index in [-0.39, 0.29) is 13.2 Å². The third-order valence-corrected chi connectivity index (χ3v) is 6.72. The maximum absolute atomic E-state index is 12.5. The van der Waals surface area contributed by atoms with Crippen LogP contribution in [0.25, 0.3) is 0 Å². The molecule has 1 unspecified atom stereocenters. The van der Waals surface area contributed by atoms with Crippen molar-refractivity contribution < 1.29 is 71.4 Å². The summed E-state index contributed by atoms with van der Waals surface area (Å²) < 4.78 is 63.0. The van der Waals surface area contributed by atoms with Crippen LogP contribution in [0.2, 0.25) is 0 Å². The van der Waals surface area contributed by atoms with E-state index in [2.05, 4.69) is 0 Å². The van der Waals surface area contributed by atoms with Crippen molar-refractivity contribution in [2.75, 3.05) is 26.4 Å². The summed E-state index contributed by atoms with van der Waals surface area (Å²) in [6.45, 7) is -1.68. The Morgan fingerprint density at radius 1 is 0.906 bits per heavy atom. The Labute approximate surface area is 180 Å². The minimum atomic E-state index is -5.24. The van der Waals surface area contributed by atoms with E-state index in [9.17, 15) is 43.0 Å². The van der Waals surface area contributed by atoms with Gasteiger partial charge in [-0.2, -0.15) is 8.42 Å². The van der Waals surface area contributed by atoms with Crippen LogP contribution in [0, 0.1) is 0 Å². The molecule has 4 aliphatic rings. The number of esters is 2. The van der Waals surface area contributed by atoms with Gasteiger partial charge in [0.15, 0.2) is 17.5 Å². The number of fused-ring (bicyclic) bond motifs is 2. The number of carbonyl (C=O) groups is 2. The zero-order valence-electron chi connectivity index (χ0n) is 16.3. The second-order valence-corrected chi connectivity index (χ2v) is 9.59.